The highest BCUT2D eigenvalue weighted by molar-refractivity contribution is 7.15. The van der Waals surface area contributed by atoms with Gasteiger partial charge in [0.15, 0.2) is 4.96 Å². The first kappa shape index (κ1) is 12.2. The van der Waals surface area contributed by atoms with E-state index in [0.29, 0.717) is 0 Å². The summed E-state index contributed by atoms with van der Waals surface area (Å²) in [5, 5.41) is 2.19. The van der Waals surface area contributed by atoms with Crippen molar-refractivity contribution >= 4 is 22.0 Å². The zero-order valence-electron chi connectivity index (χ0n) is 11.3. The number of nitrogens with zero attached hydrogens (tertiary/aromatic N) is 2. The van der Waals surface area contributed by atoms with E-state index in [1.54, 1.807) is 11.3 Å². The largest absolute Gasteiger partial charge is 0.399 e. The zero-order valence-corrected chi connectivity index (χ0v) is 12.2. The molecule has 0 atom stereocenters. The van der Waals surface area contributed by atoms with Crippen LogP contribution >= 0.6 is 11.3 Å². The molecule has 4 heteroatoms. The maximum Gasteiger partial charge on any atom is 0.194 e. The second-order valence-corrected chi connectivity index (χ2v) is 6.61. The van der Waals surface area contributed by atoms with E-state index >= 15 is 0 Å². The summed E-state index contributed by atoms with van der Waals surface area (Å²) in [5.41, 5.74) is 10.0. The molecule has 2 N–H and O–H groups in total. The lowest BCUT2D eigenvalue weighted by Gasteiger charge is -2.16. The molecule has 1 aromatic carbocycles. The molecule has 0 aliphatic rings. The minimum absolute atomic E-state index is 0.117. The molecule has 0 unspecified atom stereocenters. The lowest BCUT2D eigenvalue weighted by atomic mass is 9.93. The molecule has 0 saturated heterocycles. The maximum atomic E-state index is 5.83. The summed E-state index contributed by atoms with van der Waals surface area (Å²) in [5.74, 6) is 0. The van der Waals surface area contributed by atoms with Crippen LogP contribution in [0.1, 0.15) is 26.5 Å². The fourth-order valence-corrected chi connectivity index (χ4v) is 3.26. The Kier molecular flexibility index (Phi) is 2.64. The number of nitrogen functional groups attached to an aromatic ring is 1. The first-order chi connectivity index (χ1) is 8.95. The van der Waals surface area contributed by atoms with Crippen molar-refractivity contribution in [3.8, 4) is 11.3 Å². The van der Waals surface area contributed by atoms with Crippen LogP contribution in [0.25, 0.3) is 16.2 Å². The fourth-order valence-electron chi connectivity index (χ4n) is 2.16. The Balaban J connectivity index is 2.15. The van der Waals surface area contributed by atoms with Gasteiger partial charge in [0.1, 0.15) is 0 Å². The summed E-state index contributed by atoms with van der Waals surface area (Å²) in [7, 11) is 0. The van der Waals surface area contributed by atoms with Gasteiger partial charge in [-0.1, -0.05) is 32.9 Å². The number of aromatic nitrogens is 2. The molecule has 0 amide bonds. The predicted molar refractivity (Wildman–Crippen MR) is 81.6 cm³/mol. The quantitative estimate of drug-likeness (QED) is 0.681. The molecule has 3 rings (SSSR count). The van der Waals surface area contributed by atoms with Gasteiger partial charge < -0.3 is 5.73 Å². The summed E-state index contributed by atoms with van der Waals surface area (Å²) >= 11 is 1.68. The number of fused-ring (bicyclic) bond motifs is 1. The van der Waals surface area contributed by atoms with Crippen LogP contribution in [0.4, 0.5) is 5.69 Å². The predicted octanol–water partition coefficient (Wildman–Crippen LogP) is 3.94. The molecule has 0 aliphatic heterocycles. The van der Waals surface area contributed by atoms with E-state index in [1.807, 2.05) is 24.3 Å². The lowest BCUT2D eigenvalue weighted by Crippen LogP contribution is -2.13. The van der Waals surface area contributed by atoms with Crippen molar-refractivity contribution in [2.75, 3.05) is 5.73 Å². The van der Waals surface area contributed by atoms with Gasteiger partial charge in [-0.25, -0.2) is 4.98 Å². The monoisotopic (exact) mass is 271 g/mol. The first-order valence-corrected chi connectivity index (χ1v) is 7.16. The highest BCUT2D eigenvalue weighted by Gasteiger charge is 2.20. The number of hydrogen-bond acceptors (Lipinski definition) is 3. The first-order valence-electron chi connectivity index (χ1n) is 6.28. The van der Waals surface area contributed by atoms with E-state index in [4.69, 9.17) is 5.73 Å². The molecule has 0 aliphatic carbocycles. The standard InChI is InChI=1S/C15H17N3S/c1-15(2,3)13-9-19-14-17-12(8-18(13)14)10-5-4-6-11(16)7-10/h4-9H,16H2,1-3H3. The summed E-state index contributed by atoms with van der Waals surface area (Å²) < 4.78 is 2.18. The van der Waals surface area contributed by atoms with Gasteiger partial charge in [0.25, 0.3) is 0 Å². The minimum Gasteiger partial charge on any atom is -0.399 e. The van der Waals surface area contributed by atoms with Gasteiger partial charge in [-0.15, -0.1) is 11.3 Å². The van der Waals surface area contributed by atoms with E-state index < -0.39 is 0 Å². The number of hydrogen-bond donors (Lipinski definition) is 1. The third kappa shape index (κ3) is 2.12. The summed E-state index contributed by atoms with van der Waals surface area (Å²) in [4.78, 5) is 5.71. The van der Waals surface area contributed by atoms with Crippen LogP contribution in [0.5, 0.6) is 0 Å². The van der Waals surface area contributed by atoms with E-state index in [2.05, 4.69) is 41.7 Å². The molecule has 0 bridgehead atoms. The van der Waals surface area contributed by atoms with Gasteiger partial charge >= 0.3 is 0 Å². The Morgan fingerprint density at radius 1 is 1.26 bits per heavy atom. The van der Waals surface area contributed by atoms with Gasteiger partial charge in [-0.3, -0.25) is 4.40 Å². The Morgan fingerprint density at radius 2 is 2.05 bits per heavy atom. The third-order valence-electron chi connectivity index (χ3n) is 3.16. The molecule has 0 spiro atoms. The summed E-state index contributed by atoms with van der Waals surface area (Å²) in [6.07, 6.45) is 2.10. The second-order valence-electron chi connectivity index (χ2n) is 5.78. The number of thiazole rings is 1. The van der Waals surface area contributed by atoms with Crippen LogP contribution in [-0.4, -0.2) is 9.38 Å². The van der Waals surface area contributed by atoms with E-state index in [0.717, 1.165) is 21.9 Å². The van der Waals surface area contributed by atoms with E-state index in [-0.39, 0.29) is 5.41 Å². The lowest BCUT2D eigenvalue weighted by molar-refractivity contribution is 0.565. The molecule has 19 heavy (non-hydrogen) atoms. The molecule has 98 valence electrons. The van der Waals surface area contributed by atoms with Crippen molar-refractivity contribution in [2.45, 2.75) is 26.2 Å². The highest BCUT2D eigenvalue weighted by atomic mass is 32.1. The smallest absolute Gasteiger partial charge is 0.194 e. The average Bonchev–Trinajstić information content (AvgIpc) is 2.85. The van der Waals surface area contributed by atoms with Crippen molar-refractivity contribution in [3.63, 3.8) is 0 Å². The number of rotatable bonds is 1. The van der Waals surface area contributed by atoms with Crippen molar-refractivity contribution < 1.29 is 0 Å². The van der Waals surface area contributed by atoms with E-state index in [1.165, 1.54) is 5.69 Å². The Morgan fingerprint density at radius 3 is 2.74 bits per heavy atom. The van der Waals surface area contributed by atoms with Crippen LogP contribution in [0.3, 0.4) is 0 Å². The van der Waals surface area contributed by atoms with Crippen LogP contribution in [0, 0.1) is 0 Å². The number of anilines is 1. The third-order valence-corrected chi connectivity index (χ3v) is 4.00. The Bertz CT molecular complexity index is 731. The van der Waals surface area contributed by atoms with Gasteiger partial charge in [-0.2, -0.15) is 0 Å². The summed E-state index contributed by atoms with van der Waals surface area (Å²) in [6.45, 7) is 6.65. The van der Waals surface area contributed by atoms with Crippen molar-refractivity contribution in [2.24, 2.45) is 0 Å². The van der Waals surface area contributed by atoms with Crippen LogP contribution < -0.4 is 5.73 Å². The van der Waals surface area contributed by atoms with Gasteiger partial charge in [0, 0.05) is 33.9 Å². The second kappa shape index (κ2) is 4.10. The number of imidazole rings is 1. The van der Waals surface area contributed by atoms with Gasteiger partial charge in [0.05, 0.1) is 5.69 Å². The fraction of sp³-hybridized carbons (Fsp3) is 0.267. The van der Waals surface area contributed by atoms with Gasteiger partial charge in [-0.05, 0) is 12.1 Å². The zero-order chi connectivity index (χ0) is 13.6. The average molecular weight is 271 g/mol. The molecular formula is C15H17N3S. The van der Waals surface area contributed by atoms with Gasteiger partial charge in [0.2, 0.25) is 0 Å². The Hall–Kier alpha value is -1.81. The van der Waals surface area contributed by atoms with Crippen LogP contribution in [0.2, 0.25) is 0 Å². The summed E-state index contributed by atoms with van der Waals surface area (Å²) in [6, 6.07) is 7.86. The molecule has 0 saturated carbocycles. The topological polar surface area (TPSA) is 43.3 Å². The SMILES string of the molecule is CC(C)(C)c1csc2nc(-c3cccc(N)c3)cn12. The van der Waals surface area contributed by atoms with Crippen molar-refractivity contribution in [3.05, 3.63) is 41.5 Å². The number of benzene rings is 1. The maximum absolute atomic E-state index is 5.83. The molecule has 3 aromatic rings. The minimum atomic E-state index is 0.117. The van der Waals surface area contributed by atoms with E-state index in [9.17, 15) is 0 Å². The Labute approximate surface area is 116 Å². The van der Waals surface area contributed by atoms with Crippen molar-refractivity contribution in [1.29, 1.82) is 0 Å². The number of nitrogens with two attached hydrogens (primary N) is 1. The van der Waals surface area contributed by atoms with Crippen LogP contribution in [0.15, 0.2) is 35.8 Å². The van der Waals surface area contributed by atoms with Crippen molar-refractivity contribution in [1.82, 2.24) is 9.38 Å². The van der Waals surface area contributed by atoms with Crippen LogP contribution in [-0.2, 0) is 5.41 Å². The molecule has 2 heterocycles. The molecular weight excluding hydrogens is 254 g/mol. The molecule has 3 nitrogen and oxygen atoms in total. The molecule has 2 aromatic heterocycles. The highest BCUT2D eigenvalue weighted by Crippen LogP contribution is 2.30. The molecule has 0 fully saturated rings. The normalized spacial score (nSPS) is 12.2. The molecule has 0 radical (unpaired) electrons.